The Bertz CT molecular complexity index is 686. The van der Waals surface area contributed by atoms with Crippen LogP contribution < -0.4 is 10.1 Å². The van der Waals surface area contributed by atoms with Crippen LogP contribution in [0.1, 0.15) is 50.1 Å². The fourth-order valence-corrected chi connectivity index (χ4v) is 3.79. The Morgan fingerprint density at radius 3 is 2.71 bits per heavy atom. The average Bonchev–Trinajstić information content (AvgIpc) is 3.03. The predicted octanol–water partition coefficient (Wildman–Crippen LogP) is 4.78. The van der Waals surface area contributed by atoms with Gasteiger partial charge in [0.15, 0.2) is 6.61 Å². The number of hydrogen-bond acceptors (Lipinski definition) is 5. The van der Waals surface area contributed by atoms with Crippen molar-refractivity contribution in [2.24, 2.45) is 0 Å². The molecule has 130 valence electrons. The molecule has 0 unspecified atom stereocenters. The van der Waals surface area contributed by atoms with Gasteiger partial charge in [0.2, 0.25) is 5.13 Å². The first-order valence-corrected chi connectivity index (χ1v) is 9.72. The van der Waals surface area contributed by atoms with E-state index in [-0.39, 0.29) is 12.5 Å². The van der Waals surface area contributed by atoms with Gasteiger partial charge in [0.1, 0.15) is 10.8 Å². The molecule has 0 radical (unpaired) electrons. The molecule has 1 amide bonds. The highest BCUT2D eigenvalue weighted by Gasteiger charge is 2.15. The van der Waals surface area contributed by atoms with Crippen LogP contribution in [-0.4, -0.2) is 22.7 Å². The van der Waals surface area contributed by atoms with Crippen LogP contribution in [0.5, 0.6) is 5.75 Å². The molecule has 0 aliphatic heterocycles. The number of amides is 1. The van der Waals surface area contributed by atoms with Crippen LogP contribution in [0.2, 0.25) is 0 Å². The fraction of sp³-hybridized carbons (Fsp3) is 0.471. The van der Waals surface area contributed by atoms with Gasteiger partial charge in [-0.3, -0.25) is 10.1 Å². The Kier molecular flexibility index (Phi) is 7.17. The van der Waals surface area contributed by atoms with Gasteiger partial charge < -0.3 is 4.74 Å². The van der Waals surface area contributed by atoms with Gasteiger partial charge in [-0.1, -0.05) is 48.0 Å². The number of carbonyl (C=O) groups excluding carboxylic acids is 1. The zero-order valence-corrected chi connectivity index (χ0v) is 16.5. The predicted molar refractivity (Wildman–Crippen MR) is 101 cm³/mol. The Morgan fingerprint density at radius 2 is 2.04 bits per heavy atom. The number of benzene rings is 1. The van der Waals surface area contributed by atoms with Crippen molar-refractivity contribution >= 4 is 38.3 Å². The molecular formula is C17H22BrN3O2S. The van der Waals surface area contributed by atoms with Gasteiger partial charge in [-0.05, 0) is 43.0 Å². The first-order valence-electron chi connectivity index (χ1n) is 8.11. The molecule has 0 atom stereocenters. The summed E-state index contributed by atoms with van der Waals surface area (Å²) in [5.41, 5.74) is 1.06. The van der Waals surface area contributed by atoms with Gasteiger partial charge in [0.25, 0.3) is 5.91 Å². The van der Waals surface area contributed by atoms with Gasteiger partial charge in [-0.15, -0.1) is 10.2 Å². The second-order valence-electron chi connectivity index (χ2n) is 5.40. The standard InChI is InChI=1S/C17H22BrN3O2S/c1-4-11(5-2)16-20-21-17(24-16)19-15(22)10-23-14-8-7-13(18)9-12(14)6-3/h7-9,11H,4-6,10H2,1-3H3,(H,19,21,22). The summed E-state index contributed by atoms with van der Waals surface area (Å²) in [6.07, 6.45) is 2.88. The zero-order chi connectivity index (χ0) is 17.5. The van der Waals surface area contributed by atoms with E-state index in [4.69, 9.17) is 4.74 Å². The molecule has 5 nitrogen and oxygen atoms in total. The van der Waals surface area contributed by atoms with Gasteiger partial charge in [0, 0.05) is 10.4 Å². The van der Waals surface area contributed by atoms with E-state index in [1.54, 1.807) is 0 Å². The minimum atomic E-state index is -0.229. The number of ether oxygens (including phenoxy) is 1. The normalized spacial score (nSPS) is 10.9. The summed E-state index contributed by atoms with van der Waals surface area (Å²) >= 11 is 4.87. The van der Waals surface area contributed by atoms with Crippen molar-refractivity contribution in [3.05, 3.63) is 33.2 Å². The first-order chi connectivity index (χ1) is 11.6. The minimum absolute atomic E-state index is 0.0471. The molecule has 0 fully saturated rings. The molecule has 2 aromatic rings. The molecule has 1 heterocycles. The average molecular weight is 412 g/mol. The highest BCUT2D eigenvalue weighted by Crippen LogP contribution is 2.28. The largest absolute Gasteiger partial charge is 0.483 e. The molecule has 0 aliphatic carbocycles. The molecule has 0 saturated heterocycles. The summed E-state index contributed by atoms with van der Waals surface area (Å²) in [5, 5.41) is 12.5. The molecular weight excluding hydrogens is 390 g/mol. The van der Waals surface area contributed by atoms with E-state index in [2.05, 4.69) is 52.2 Å². The van der Waals surface area contributed by atoms with E-state index in [9.17, 15) is 4.79 Å². The molecule has 1 aromatic heterocycles. The molecule has 2 rings (SSSR count). The lowest BCUT2D eigenvalue weighted by atomic mass is 10.1. The third-order valence-corrected chi connectivity index (χ3v) is 5.28. The second kappa shape index (κ2) is 9.13. The third kappa shape index (κ3) is 5.01. The van der Waals surface area contributed by atoms with Crippen LogP contribution in [0.4, 0.5) is 5.13 Å². The van der Waals surface area contributed by atoms with Crippen LogP contribution in [0.15, 0.2) is 22.7 Å². The van der Waals surface area contributed by atoms with Gasteiger partial charge >= 0.3 is 0 Å². The molecule has 1 N–H and O–H groups in total. The van der Waals surface area contributed by atoms with Crippen LogP contribution in [-0.2, 0) is 11.2 Å². The maximum absolute atomic E-state index is 12.1. The van der Waals surface area contributed by atoms with Crippen molar-refractivity contribution in [2.45, 2.75) is 46.0 Å². The lowest BCUT2D eigenvalue weighted by molar-refractivity contribution is -0.118. The number of anilines is 1. The van der Waals surface area contributed by atoms with Crippen molar-refractivity contribution in [1.29, 1.82) is 0 Å². The number of halogens is 1. The first kappa shape index (κ1) is 18.9. The van der Waals surface area contributed by atoms with E-state index in [1.807, 2.05) is 18.2 Å². The Morgan fingerprint density at radius 1 is 1.29 bits per heavy atom. The molecule has 0 bridgehead atoms. The second-order valence-corrected chi connectivity index (χ2v) is 7.33. The molecule has 0 aliphatic rings. The zero-order valence-electron chi connectivity index (χ0n) is 14.1. The SMILES string of the molecule is CCc1cc(Br)ccc1OCC(=O)Nc1nnc(C(CC)CC)s1. The Hall–Kier alpha value is -1.47. The summed E-state index contributed by atoms with van der Waals surface area (Å²) in [5.74, 6) is 0.900. The van der Waals surface area contributed by atoms with E-state index in [0.29, 0.717) is 11.0 Å². The minimum Gasteiger partial charge on any atom is -0.483 e. The quantitative estimate of drug-likeness (QED) is 0.678. The van der Waals surface area contributed by atoms with Crippen LogP contribution in [0.3, 0.4) is 0 Å². The summed E-state index contributed by atoms with van der Waals surface area (Å²) in [4.78, 5) is 12.1. The van der Waals surface area contributed by atoms with E-state index >= 15 is 0 Å². The van der Waals surface area contributed by atoms with Crippen LogP contribution in [0.25, 0.3) is 0 Å². The lowest BCUT2D eigenvalue weighted by Gasteiger charge is -2.10. The summed E-state index contributed by atoms with van der Waals surface area (Å²) < 4.78 is 6.64. The van der Waals surface area contributed by atoms with E-state index in [1.165, 1.54) is 11.3 Å². The number of aromatic nitrogens is 2. The van der Waals surface area contributed by atoms with E-state index in [0.717, 1.165) is 40.1 Å². The fourth-order valence-electron chi connectivity index (χ4n) is 2.35. The number of nitrogens with zero attached hydrogens (tertiary/aromatic N) is 2. The van der Waals surface area contributed by atoms with Crippen molar-refractivity contribution in [3.63, 3.8) is 0 Å². The molecule has 24 heavy (non-hydrogen) atoms. The van der Waals surface area contributed by atoms with Crippen LogP contribution in [0, 0.1) is 0 Å². The van der Waals surface area contributed by atoms with Gasteiger partial charge in [-0.2, -0.15) is 0 Å². The maximum atomic E-state index is 12.1. The summed E-state index contributed by atoms with van der Waals surface area (Å²) in [7, 11) is 0. The topological polar surface area (TPSA) is 64.1 Å². The van der Waals surface area contributed by atoms with Gasteiger partial charge in [-0.25, -0.2) is 0 Å². The highest BCUT2D eigenvalue weighted by atomic mass is 79.9. The molecule has 0 saturated carbocycles. The van der Waals surface area contributed by atoms with Gasteiger partial charge in [0.05, 0.1) is 0 Å². The van der Waals surface area contributed by atoms with Crippen molar-refractivity contribution in [2.75, 3.05) is 11.9 Å². The number of aryl methyl sites for hydroxylation is 1. The lowest BCUT2D eigenvalue weighted by Crippen LogP contribution is -2.20. The smallest absolute Gasteiger partial charge is 0.264 e. The van der Waals surface area contributed by atoms with Crippen molar-refractivity contribution in [1.82, 2.24) is 10.2 Å². The summed E-state index contributed by atoms with van der Waals surface area (Å²) in [6.45, 7) is 6.26. The Labute approximate surface area is 155 Å². The molecule has 0 spiro atoms. The highest BCUT2D eigenvalue weighted by molar-refractivity contribution is 9.10. The van der Waals surface area contributed by atoms with Crippen molar-refractivity contribution < 1.29 is 9.53 Å². The molecule has 1 aromatic carbocycles. The maximum Gasteiger partial charge on any atom is 0.264 e. The Balaban J connectivity index is 1.92. The van der Waals surface area contributed by atoms with E-state index < -0.39 is 0 Å². The molecule has 7 heteroatoms. The monoisotopic (exact) mass is 411 g/mol. The van der Waals surface area contributed by atoms with Crippen LogP contribution >= 0.6 is 27.3 Å². The number of carbonyl (C=O) groups is 1. The number of hydrogen-bond donors (Lipinski definition) is 1. The summed E-state index contributed by atoms with van der Waals surface area (Å²) in [6, 6.07) is 5.77. The third-order valence-electron chi connectivity index (χ3n) is 3.78. The number of nitrogens with one attached hydrogen (secondary N) is 1. The number of rotatable bonds is 8. The van der Waals surface area contributed by atoms with Crippen molar-refractivity contribution in [3.8, 4) is 5.75 Å².